The van der Waals surface area contributed by atoms with Crippen molar-refractivity contribution in [3.63, 3.8) is 0 Å². The smallest absolute Gasteiger partial charge is 0.258 e. The van der Waals surface area contributed by atoms with E-state index in [0.717, 1.165) is 43.3 Å². The molecule has 8 heteroatoms. The first-order valence-corrected chi connectivity index (χ1v) is 7.81. The second-order valence-corrected chi connectivity index (χ2v) is 5.68. The molecule has 0 spiro atoms. The van der Waals surface area contributed by atoms with Crippen molar-refractivity contribution in [2.24, 2.45) is 0 Å². The maximum absolute atomic E-state index is 12.3. The van der Waals surface area contributed by atoms with E-state index in [9.17, 15) is 4.79 Å². The van der Waals surface area contributed by atoms with Gasteiger partial charge < -0.3 is 15.5 Å². The number of carbonyl (C=O) groups is 1. The molecule has 3 rings (SSSR count). The molecule has 6 nitrogen and oxygen atoms in total. The molecule has 0 unspecified atom stereocenters. The average molecular weight is 384 g/mol. The summed E-state index contributed by atoms with van der Waals surface area (Å²) in [5.74, 6) is 0.367. The summed E-state index contributed by atoms with van der Waals surface area (Å²) in [5.41, 5.74) is 3.28. The van der Waals surface area contributed by atoms with E-state index < -0.39 is 0 Å². The van der Waals surface area contributed by atoms with Gasteiger partial charge in [-0.1, -0.05) is 0 Å². The molecular formula is C17H23Cl2N5O. The molecule has 2 aromatic rings. The number of amides is 1. The SMILES string of the molecule is Cc1ccc(C(=O)Nc2ccc(N3CCNCC3)cn2)c(C)n1.Cl.Cl. The molecule has 2 N–H and O–H groups in total. The highest BCUT2D eigenvalue weighted by Gasteiger charge is 2.13. The van der Waals surface area contributed by atoms with Crippen molar-refractivity contribution in [1.82, 2.24) is 15.3 Å². The first kappa shape index (κ1) is 21.2. The average Bonchev–Trinajstić information content (AvgIpc) is 2.56. The molecule has 0 atom stereocenters. The summed E-state index contributed by atoms with van der Waals surface area (Å²) in [6.07, 6.45) is 1.81. The first-order chi connectivity index (χ1) is 11.1. The van der Waals surface area contributed by atoms with E-state index in [1.807, 2.05) is 32.0 Å². The summed E-state index contributed by atoms with van der Waals surface area (Å²) in [6, 6.07) is 7.46. The van der Waals surface area contributed by atoms with E-state index in [-0.39, 0.29) is 30.7 Å². The molecule has 1 amide bonds. The van der Waals surface area contributed by atoms with E-state index in [2.05, 4.69) is 25.5 Å². The highest BCUT2D eigenvalue weighted by Crippen LogP contribution is 2.16. The van der Waals surface area contributed by atoms with Gasteiger partial charge in [-0.15, -0.1) is 24.8 Å². The van der Waals surface area contributed by atoms with Gasteiger partial charge in [0.05, 0.1) is 23.1 Å². The van der Waals surface area contributed by atoms with Crippen LogP contribution in [0.3, 0.4) is 0 Å². The van der Waals surface area contributed by atoms with Crippen LogP contribution in [0.4, 0.5) is 11.5 Å². The fourth-order valence-electron chi connectivity index (χ4n) is 2.68. The molecule has 1 aliphatic rings. The van der Waals surface area contributed by atoms with Crippen molar-refractivity contribution < 1.29 is 4.79 Å². The van der Waals surface area contributed by atoms with Crippen LogP contribution in [0.5, 0.6) is 0 Å². The predicted molar refractivity (Wildman–Crippen MR) is 105 cm³/mol. The topological polar surface area (TPSA) is 70.2 Å². The summed E-state index contributed by atoms with van der Waals surface area (Å²) in [4.78, 5) is 23.3. The molecule has 25 heavy (non-hydrogen) atoms. The zero-order valence-electron chi connectivity index (χ0n) is 14.3. The predicted octanol–water partition coefficient (Wildman–Crippen LogP) is 2.60. The van der Waals surface area contributed by atoms with Crippen molar-refractivity contribution in [2.45, 2.75) is 13.8 Å². The number of aryl methyl sites for hydroxylation is 2. The quantitative estimate of drug-likeness (QED) is 0.852. The number of halogens is 2. The first-order valence-electron chi connectivity index (χ1n) is 7.81. The van der Waals surface area contributed by atoms with Gasteiger partial charge in [-0.05, 0) is 38.1 Å². The number of nitrogens with zero attached hydrogens (tertiary/aromatic N) is 3. The van der Waals surface area contributed by atoms with E-state index in [4.69, 9.17) is 0 Å². The largest absolute Gasteiger partial charge is 0.368 e. The van der Waals surface area contributed by atoms with E-state index >= 15 is 0 Å². The van der Waals surface area contributed by atoms with Crippen molar-refractivity contribution in [3.8, 4) is 0 Å². The zero-order valence-corrected chi connectivity index (χ0v) is 15.9. The minimum Gasteiger partial charge on any atom is -0.368 e. The van der Waals surface area contributed by atoms with Gasteiger partial charge in [0.1, 0.15) is 5.82 Å². The van der Waals surface area contributed by atoms with Crippen LogP contribution in [0.25, 0.3) is 0 Å². The standard InChI is InChI=1S/C17H21N5O.2ClH/c1-12-3-5-15(13(2)20-12)17(23)21-16-6-4-14(11-19-16)22-9-7-18-8-10-22;;/h3-6,11,18H,7-10H2,1-2H3,(H,19,21,23);2*1H. The Hall–Kier alpha value is -1.89. The molecule has 0 aromatic carbocycles. The second kappa shape index (κ2) is 9.56. The summed E-state index contributed by atoms with van der Waals surface area (Å²) < 4.78 is 0. The van der Waals surface area contributed by atoms with E-state index in [0.29, 0.717) is 11.4 Å². The number of rotatable bonds is 3. The van der Waals surface area contributed by atoms with Gasteiger partial charge in [0.15, 0.2) is 0 Å². The Kier molecular flexibility index (Phi) is 8.09. The maximum atomic E-state index is 12.3. The normalized spacial score (nSPS) is 13.4. The lowest BCUT2D eigenvalue weighted by molar-refractivity contribution is 0.102. The van der Waals surface area contributed by atoms with Gasteiger partial charge in [-0.3, -0.25) is 9.78 Å². The van der Waals surface area contributed by atoms with Crippen LogP contribution in [-0.2, 0) is 0 Å². The Balaban J connectivity index is 0.00000156. The van der Waals surface area contributed by atoms with Crippen LogP contribution in [0.1, 0.15) is 21.7 Å². The summed E-state index contributed by atoms with van der Waals surface area (Å²) in [5, 5.41) is 6.15. The van der Waals surface area contributed by atoms with Crippen LogP contribution >= 0.6 is 24.8 Å². The number of nitrogens with one attached hydrogen (secondary N) is 2. The lowest BCUT2D eigenvalue weighted by Gasteiger charge is -2.29. The Labute approximate surface area is 160 Å². The number of hydrogen-bond acceptors (Lipinski definition) is 5. The van der Waals surface area contributed by atoms with Crippen LogP contribution < -0.4 is 15.5 Å². The number of aromatic nitrogens is 2. The Morgan fingerprint density at radius 1 is 1.12 bits per heavy atom. The van der Waals surface area contributed by atoms with Gasteiger partial charge >= 0.3 is 0 Å². The second-order valence-electron chi connectivity index (χ2n) is 5.68. The number of piperazine rings is 1. The van der Waals surface area contributed by atoms with Crippen LogP contribution in [-0.4, -0.2) is 42.1 Å². The van der Waals surface area contributed by atoms with Gasteiger partial charge in [0.2, 0.25) is 0 Å². The van der Waals surface area contributed by atoms with Gasteiger partial charge in [0.25, 0.3) is 5.91 Å². The molecule has 1 aliphatic heterocycles. The molecule has 0 aliphatic carbocycles. The number of hydrogen-bond donors (Lipinski definition) is 2. The highest BCUT2D eigenvalue weighted by atomic mass is 35.5. The molecule has 0 bridgehead atoms. The number of pyridine rings is 2. The third kappa shape index (κ3) is 5.29. The van der Waals surface area contributed by atoms with Crippen LogP contribution in [0, 0.1) is 13.8 Å². The molecule has 0 saturated carbocycles. The number of carbonyl (C=O) groups excluding carboxylic acids is 1. The fourth-order valence-corrected chi connectivity index (χ4v) is 2.68. The van der Waals surface area contributed by atoms with Gasteiger partial charge in [-0.2, -0.15) is 0 Å². The van der Waals surface area contributed by atoms with Gasteiger partial charge in [0, 0.05) is 31.9 Å². The minimum atomic E-state index is -0.183. The lowest BCUT2D eigenvalue weighted by Crippen LogP contribution is -2.43. The molecule has 0 radical (unpaired) electrons. The Morgan fingerprint density at radius 2 is 1.84 bits per heavy atom. The Bertz CT molecular complexity index is 703. The van der Waals surface area contributed by atoms with Crippen molar-refractivity contribution in [3.05, 3.63) is 47.4 Å². The zero-order chi connectivity index (χ0) is 16.2. The monoisotopic (exact) mass is 383 g/mol. The lowest BCUT2D eigenvalue weighted by atomic mass is 10.1. The number of anilines is 2. The molecule has 2 aromatic heterocycles. The van der Waals surface area contributed by atoms with E-state index in [1.54, 1.807) is 12.3 Å². The third-order valence-electron chi connectivity index (χ3n) is 3.94. The van der Waals surface area contributed by atoms with Crippen molar-refractivity contribution in [2.75, 3.05) is 36.4 Å². The highest BCUT2D eigenvalue weighted by molar-refractivity contribution is 6.04. The maximum Gasteiger partial charge on any atom is 0.258 e. The molecule has 136 valence electrons. The van der Waals surface area contributed by atoms with Gasteiger partial charge in [-0.25, -0.2) is 4.98 Å². The fraction of sp³-hybridized carbons (Fsp3) is 0.353. The van der Waals surface area contributed by atoms with Crippen molar-refractivity contribution >= 4 is 42.2 Å². The third-order valence-corrected chi connectivity index (χ3v) is 3.94. The molecule has 1 saturated heterocycles. The minimum absolute atomic E-state index is 0. The van der Waals surface area contributed by atoms with Crippen LogP contribution in [0.2, 0.25) is 0 Å². The Morgan fingerprint density at radius 3 is 2.44 bits per heavy atom. The van der Waals surface area contributed by atoms with Crippen LogP contribution in [0.15, 0.2) is 30.5 Å². The molecular weight excluding hydrogens is 361 g/mol. The summed E-state index contributed by atoms with van der Waals surface area (Å²) in [6.45, 7) is 7.66. The van der Waals surface area contributed by atoms with E-state index in [1.165, 1.54) is 0 Å². The molecule has 3 heterocycles. The summed E-state index contributed by atoms with van der Waals surface area (Å²) in [7, 11) is 0. The molecule has 1 fully saturated rings. The summed E-state index contributed by atoms with van der Waals surface area (Å²) >= 11 is 0. The van der Waals surface area contributed by atoms with Crippen molar-refractivity contribution in [1.29, 1.82) is 0 Å².